The molecule has 1 amide bonds. The maximum absolute atomic E-state index is 13.5. The van der Waals surface area contributed by atoms with E-state index in [2.05, 4.69) is 15.5 Å². The molecular weight excluding hydrogens is 544 g/mol. The third kappa shape index (κ3) is 5.86. The number of hydrogen-bond donors (Lipinski definition) is 1. The molecule has 0 aliphatic carbocycles. The molecule has 0 saturated carbocycles. The van der Waals surface area contributed by atoms with Gasteiger partial charge in [0.05, 0.1) is 33.2 Å². The Hall–Kier alpha value is -4.43. The standard InChI is InChI=1S/C25H24N6O6S2/c1-4-30(18-8-6-5-7-9-18)39(35,36)19-11-12-22(37-3)20(15-19)27-24(32)17-10-13-23(21(14-17)31(33)34)38-25-28-26-16-29(25)2/h5-16H,4H2,1-3H3,(H,27,32). The van der Waals surface area contributed by atoms with E-state index in [-0.39, 0.29) is 39.0 Å². The lowest BCUT2D eigenvalue weighted by Crippen LogP contribution is -2.30. The van der Waals surface area contributed by atoms with E-state index in [1.165, 1.54) is 48.1 Å². The number of para-hydroxylation sites is 1. The van der Waals surface area contributed by atoms with Crippen molar-refractivity contribution in [2.45, 2.75) is 21.9 Å². The molecule has 0 aliphatic rings. The highest BCUT2D eigenvalue weighted by Gasteiger charge is 2.26. The van der Waals surface area contributed by atoms with E-state index in [4.69, 9.17) is 4.74 Å². The summed E-state index contributed by atoms with van der Waals surface area (Å²) in [5.74, 6) is -0.467. The molecule has 0 atom stereocenters. The molecule has 0 bridgehead atoms. The second-order valence-electron chi connectivity index (χ2n) is 8.09. The summed E-state index contributed by atoms with van der Waals surface area (Å²) in [4.78, 5) is 24.5. The fraction of sp³-hybridized carbons (Fsp3) is 0.160. The van der Waals surface area contributed by atoms with E-state index < -0.39 is 20.9 Å². The Balaban J connectivity index is 1.65. The highest BCUT2D eigenvalue weighted by atomic mass is 32.2. The van der Waals surface area contributed by atoms with Gasteiger partial charge in [-0.05, 0) is 61.2 Å². The van der Waals surface area contributed by atoms with Gasteiger partial charge in [-0.1, -0.05) is 18.2 Å². The van der Waals surface area contributed by atoms with Gasteiger partial charge in [-0.2, -0.15) is 0 Å². The van der Waals surface area contributed by atoms with Crippen molar-refractivity contribution in [1.29, 1.82) is 0 Å². The fourth-order valence-electron chi connectivity index (χ4n) is 3.70. The van der Waals surface area contributed by atoms with Gasteiger partial charge < -0.3 is 14.6 Å². The number of benzene rings is 3. The number of sulfonamides is 1. The Morgan fingerprint density at radius 2 is 1.90 bits per heavy atom. The van der Waals surface area contributed by atoms with Crippen molar-refractivity contribution in [3.8, 4) is 5.75 Å². The van der Waals surface area contributed by atoms with Crippen LogP contribution in [0.15, 0.2) is 88.0 Å². The number of carbonyl (C=O) groups is 1. The van der Waals surface area contributed by atoms with Crippen LogP contribution in [-0.2, 0) is 17.1 Å². The third-order valence-electron chi connectivity index (χ3n) is 5.63. The van der Waals surface area contributed by atoms with E-state index in [0.717, 1.165) is 17.8 Å². The number of methoxy groups -OCH3 is 1. The number of anilines is 2. The Kier molecular flexibility index (Phi) is 8.16. The first kappa shape index (κ1) is 27.6. The minimum Gasteiger partial charge on any atom is -0.495 e. The van der Waals surface area contributed by atoms with Gasteiger partial charge in [0.25, 0.3) is 21.6 Å². The first-order valence-electron chi connectivity index (χ1n) is 11.5. The molecule has 1 aromatic heterocycles. The van der Waals surface area contributed by atoms with Gasteiger partial charge in [-0.15, -0.1) is 10.2 Å². The molecule has 0 aliphatic heterocycles. The Morgan fingerprint density at radius 3 is 2.51 bits per heavy atom. The highest BCUT2D eigenvalue weighted by Crippen LogP contribution is 2.35. The number of nitrogens with one attached hydrogen (secondary N) is 1. The van der Waals surface area contributed by atoms with Crippen LogP contribution in [0.3, 0.4) is 0 Å². The van der Waals surface area contributed by atoms with Gasteiger partial charge >= 0.3 is 0 Å². The summed E-state index contributed by atoms with van der Waals surface area (Å²) in [6.45, 7) is 1.90. The summed E-state index contributed by atoms with van der Waals surface area (Å²) < 4.78 is 35.1. The predicted octanol–water partition coefficient (Wildman–Crippen LogP) is 4.35. The molecule has 4 aromatic rings. The number of amides is 1. The van der Waals surface area contributed by atoms with Crippen LogP contribution in [0, 0.1) is 10.1 Å². The zero-order valence-corrected chi connectivity index (χ0v) is 22.8. The zero-order chi connectivity index (χ0) is 28.2. The number of nitro groups is 1. The lowest BCUT2D eigenvalue weighted by atomic mass is 10.2. The van der Waals surface area contributed by atoms with Crippen LogP contribution >= 0.6 is 11.8 Å². The van der Waals surface area contributed by atoms with Crippen molar-refractivity contribution >= 4 is 44.8 Å². The molecular formula is C25H24N6O6S2. The lowest BCUT2D eigenvalue weighted by molar-refractivity contribution is -0.387. The van der Waals surface area contributed by atoms with Gasteiger partial charge in [-0.3, -0.25) is 19.2 Å². The van der Waals surface area contributed by atoms with Crippen LogP contribution in [0.5, 0.6) is 5.75 Å². The quantitative estimate of drug-likeness (QED) is 0.218. The first-order valence-corrected chi connectivity index (χ1v) is 13.8. The molecule has 3 aromatic carbocycles. The van der Waals surface area contributed by atoms with Gasteiger partial charge in [0.1, 0.15) is 12.1 Å². The van der Waals surface area contributed by atoms with E-state index >= 15 is 0 Å². The Bertz CT molecular complexity index is 1630. The van der Waals surface area contributed by atoms with Gasteiger partial charge in [0.2, 0.25) is 0 Å². The van der Waals surface area contributed by atoms with Crippen molar-refractivity contribution in [2.24, 2.45) is 7.05 Å². The Morgan fingerprint density at radius 1 is 1.15 bits per heavy atom. The minimum absolute atomic E-state index is 0.00111. The van der Waals surface area contributed by atoms with E-state index in [1.807, 2.05) is 0 Å². The molecule has 0 saturated heterocycles. The van der Waals surface area contributed by atoms with Crippen LogP contribution in [0.1, 0.15) is 17.3 Å². The van der Waals surface area contributed by atoms with Crippen molar-refractivity contribution in [3.63, 3.8) is 0 Å². The van der Waals surface area contributed by atoms with Crippen LogP contribution in [-0.4, -0.2) is 47.7 Å². The number of ether oxygens (including phenoxy) is 1. The minimum atomic E-state index is -3.98. The molecule has 1 heterocycles. The molecule has 0 radical (unpaired) electrons. The number of aromatic nitrogens is 3. The summed E-state index contributed by atoms with van der Waals surface area (Å²) in [7, 11) is -0.897. The second kappa shape index (κ2) is 11.5. The maximum Gasteiger partial charge on any atom is 0.284 e. The smallest absolute Gasteiger partial charge is 0.284 e. The zero-order valence-electron chi connectivity index (χ0n) is 21.1. The topological polar surface area (TPSA) is 150 Å². The SMILES string of the molecule is CCN(c1ccccc1)S(=O)(=O)c1ccc(OC)c(NC(=O)c2ccc(Sc3nncn3C)c([N+](=O)[O-])c2)c1. The van der Waals surface area contributed by atoms with Crippen molar-refractivity contribution in [1.82, 2.24) is 14.8 Å². The summed E-state index contributed by atoms with van der Waals surface area (Å²) in [5.41, 5.74) is 0.292. The molecule has 202 valence electrons. The number of hydrogen-bond acceptors (Lipinski definition) is 9. The van der Waals surface area contributed by atoms with Crippen molar-refractivity contribution in [2.75, 3.05) is 23.3 Å². The van der Waals surface area contributed by atoms with Crippen LogP contribution < -0.4 is 14.4 Å². The monoisotopic (exact) mass is 568 g/mol. The third-order valence-corrected chi connectivity index (χ3v) is 8.64. The molecule has 39 heavy (non-hydrogen) atoms. The Labute approximate surface area is 228 Å². The summed E-state index contributed by atoms with van der Waals surface area (Å²) in [6.07, 6.45) is 1.47. The average Bonchev–Trinajstić information content (AvgIpc) is 3.33. The van der Waals surface area contributed by atoms with Crippen molar-refractivity contribution in [3.05, 3.63) is 88.7 Å². The number of aryl methyl sites for hydroxylation is 1. The fourth-order valence-corrected chi connectivity index (χ4v) is 6.05. The van der Waals surface area contributed by atoms with Crippen LogP contribution in [0.25, 0.3) is 0 Å². The summed E-state index contributed by atoms with van der Waals surface area (Å²) >= 11 is 1.04. The number of nitro benzene ring substituents is 1. The van der Waals surface area contributed by atoms with Gasteiger partial charge in [0, 0.05) is 25.2 Å². The van der Waals surface area contributed by atoms with Crippen molar-refractivity contribution < 1.29 is 22.9 Å². The molecule has 0 fully saturated rings. The largest absolute Gasteiger partial charge is 0.495 e. The normalized spacial score (nSPS) is 11.2. The number of rotatable bonds is 10. The predicted molar refractivity (Wildman–Crippen MR) is 146 cm³/mol. The average molecular weight is 569 g/mol. The van der Waals surface area contributed by atoms with E-state index in [1.54, 1.807) is 48.9 Å². The number of carbonyl (C=O) groups excluding carboxylic acids is 1. The second-order valence-corrected chi connectivity index (χ2v) is 11.0. The number of nitrogens with zero attached hydrogens (tertiary/aromatic N) is 5. The van der Waals surface area contributed by atoms with E-state index in [9.17, 15) is 23.3 Å². The van der Waals surface area contributed by atoms with Gasteiger partial charge in [0.15, 0.2) is 5.16 Å². The van der Waals surface area contributed by atoms with Gasteiger partial charge in [-0.25, -0.2) is 8.42 Å². The van der Waals surface area contributed by atoms with E-state index in [0.29, 0.717) is 10.8 Å². The summed E-state index contributed by atoms with van der Waals surface area (Å²) in [6, 6.07) is 16.8. The first-order chi connectivity index (χ1) is 18.6. The molecule has 4 rings (SSSR count). The molecule has 14 heteroatoms. The highest BCUT2D eigenvalue weighted by molar-refractivity contribution is 7.99. The molecule has 0 spiro atoms. The maximum atomic E-state index is 13.5. The molecule has 0 unspecified atom stereocenters. The van der Waals surface area contributed by atoms with Crippen LogP contribution in [0.4, 0.5) is 17.1 Å². The summed E-state index contributed by atoms with van der Waals surface area (Å²) in [5, 5.41) is 22.5. The van der Waals surface area contributed by atoms with Crippen LogP contribution in [0.2, 0.25) is 0 Å². The lowest BCUT2D eigenvalue weighted by Gasteiger charge is -2.23. The molecule has 12 nitrogen and oxygen atoms in total. The molecule has 1 N–H and O–H groups in total.